The van der Waals surface area contributed by atoms with Gasteiger partial charge in [-0.1, -0.05) is 0 Å². The lowest BCUT2D eigenvalue weighted by Gasteiger charge is -2.12. The minimum atomic E-state index is -0.831. The van der Waals surface area contributed by atoms with Crippen LogP contribution in [0.4, 0.5) is 8.78 Å². The van der Waals surface area contributed by atoms with E-state index in [9.17, 15) is 18.4 Å². The third kappa shape index (κ3) is 2.96. The molecule has 2 N–H and O–H groups in total. The Bertz CT molecular complexity index is 619. The molecule has 4 nitrogen and oxygen atoms in total. The van der Waals surface area contributed by atoms with Gasteiger partial charge in [0.2, 0.25) is 5.91 Å². The van der Waals surface area contributed by atoms with Crippen molar-refractivity contribution in [2.45, 2.75) is 37.6 Å². The Morgan fingerprint density at radius 3 is 2.64 bits per heavy atom. The van der Waals surface area contributed by atoms with Crippen LogP contribution in [0.1, 0.15) is 37.2 Å². The first-order valence-corrected chi connectivity index (χ1v) is 7.44. The lowest BCUT2D eigenvalue weighted by atomic mass is 10.1. The average Bonchev–Trinajstić information content (AvgIpc) is 3.13. The lowest BCUT2D eigenvalue weighted by Crippen LogP contribution is -2.34. The monoisotopic (exact) mass is 309 g/mol. The van der Waals surface area contributed by atoms with Crippen molar-refractivity contribution >= 4 is 11.9 Å². The van der Waals surface area contributed by atoms with Crippen molar-refractivity contribution in [1.29, 1.82) is 0 Å². The molecule has 6 heteroatoms. The molecule has 0 aromatic heterocycles. The summed E-state index contributed by atoms with van der Waals surface area (Å²) in [5, 5.41) is 11.8. The Balaban J connectivity index is 1.57. The first-order chi connectivity index (χ1) is 10.5. The highest BCUT2D eigenvalue weighted by Gasteiger charge is 2.46. The molecular formula is C16H17F2NO3. The molecule has 2 saturated carbocycles. The summed E-state index contributed by atoms with van der Waals surface area (Å²) < 4.78 is 26.9. The summed E-state index contributed by atoms with van der Waals surface area (Å²) in [6.07, 6.45) is 2.15. The number of carbonyl (C=O) groups is 2. The van der Waals surface area contributed by atoms with Crippen LogP contribution in [0.25, 0.3) is 0 Å². The quantitative estimate of drug-likeness (QED) is 0.898. The zero-order valence-corrected chi connectivity index (χ0v) is 11.9. The molecule has 0 aliphatic heterocycles. The SMILES string of the molecule is O=C(N[C@H]1CC[C@@H](C(=O)O)C1)C1CC1c1cc(F)ccc1F. The number of carboxylic acid groups (broad SMARTS) is 1. The van der Waals surface area contributed by atoms with E-state index < -0.39 is 23.5 Å². The van der Waals surface area contributed by atoms with E-state index in [0.717, 1.165) is 18.2 Å². The van der Waals surface area contributed by atoms with Gasteiger partial charge >= 0.3 is 5.97 Å². The summed E-state index contributed by atoms with van der Waals surface area (Å²) in [5.41, 5.74) is 0.245. The van der Waals surface area contributed by atoms with E-state index in [1.165, 1.54) is 0 Å². The average molecular weight is 309 g/mol. The molecule has 2 unspecified atom stereocenters. The Hall–Kier alpha value is -1.98. The minimum absolute atomic E-state index is 0.132. The molecule has 0 bridgehead atoms. The highest BCUT2D eigenvalue weighted by molar-refractivity contribution is 5.83. The number of carboxylic acids is 1. The maximum atomic E-state index is 13.7. The number of nitrogens with one attached hydrogen (secondary N) is 1. The first kappa shape index (κ1) is 14.9. The number of carbonyl (C=O) groups excluding carboxylic acids is 1. The standard InChI is InChI=1S/C16H17F2NO3/c17-9-2-4-14(18)12(6-9)11-7-13(11)15(20)19-10-3-1-8(5-10)16(21)22/h2,4,6,8,10-11,13H,1,3,5,7H2,(H,19,20)(H,21,22)/t8-,10+,11?,13?/m1/s1. The van der Waals surface area contributed by atoms with E-state index in [0.29, 0.717) is 25.7 Å². The number of benzene rings is 1. The van der Waals surface area contributed by atoms with Crippen molar-refractivity contribution in [1.82, 2.24) is 5.32 Å². The van der Waals surface area contributed by atoms with Crippen molar-refractivity contribution in [2.75, 3.05) is 0 Å². The molecule has 0 saturated heterocycles. The summed E-state index contributed by atoms with van der Waals surface area (Å²) in [7, 11) is 0. The van der Waals surface area contributed by atoms with E-state index in [1.807, 2.05) is 0 Å². The highest BCUT2D eigenvalue weighted by Crippen LogP contribution is 2.48. The molecule has 0 radical (unpaired) electrons. The predicted molar refractivity (Wildman–Crippen MR) is 74.1 cm³/mol. The fourth-order valence-corrected chi connectivity index (χ4v) is 3.27. The van der Waals surface area contributed by atoms with Crippen LogP contribution < -0.4 is 5.32 Å². The molecule has 2 aliphatic rings. The zero-order chi connectivity index (χ0) is 15.9. The van der Waals surface area contributed by atoms with Crippen molar-refractivity contribution in [3.05, 3.63) is 35.4 Å². The van der Waals surface area contributed by atoms with Crippen LogP contribution in [0.3, 0.4) is 0 Å². The van der Waals surface area contributed by atoms with Crippen molar-refractivity contribution in [3.8, 4) is 0 Å². The molecular weight excluding hydrogens is 292 g/mol. The van der Waals surface area contributed by atoms with Gasteiger partial charge in [0.05, 0.1) is 5.92 Å². The molecule has 3 rings (SSSR count). The number of hydrogen-bond acceptors (Lipinski definition) is 2. The van der Waals surface area contributed by atoms with Gasteiger partial charge in [0.1, 0.15) is 11.6 Å². The Kier molecular flexibility index (Phi) is 3.85. The lowest BCUT2D eigenvalue weighted by molar-refractivity contribution is -0.141. The summed E-state index contributed by atoms with van der Waals surface area (Å²) in [6, 6.07) is 3.14. The van der Waals surface area contributed by atoms with E-state index in [4.69, 9.17) is 5.11 Å². The van der Waals surface area contributed by atoms with Crippen molar-refractivity contribution < 1.29 is 23.5 Å². The zero-order valence-electron chi connectivity index (χ0n) is 11.9. The first-order valence-electron chi connectivity index (χ1n) is 7.44. The van der Waals surface area contributed by atoms with Gasteiger partial charge in [0.25, 0.3) is 0 Å². The van der Waals surface area contributed by atoms with Gasteiger partial charge in [-0.05, 0) is 55.4 Å². The third-order valence-corrected chi connectivity index (χ3v) is 4.61. The summed E-state index contributed by atoms with van der Waals surface area (Å²) in [4.78, 5) is 23.0. The van der Waals surface area contributed by atoms with Crippen LogP contribution in [-0.2, 0) is 9.59 Å². The minimum Gasteiger partial charge on any atom is -0.481 e. The van der Waals surface area contributed by atoms with Crippen molar-refractivity contribution in [3.63, 3.8) is 0 Å². The maximum absolute atomic E-state index is 13.7. The van der Waals surface area contributed by atoms with Crippen LogP contribution >= 0.6 is 0 Å². The molecule has 1 aromatic rings. The van der Waals surface area contributed by atoms with Crippen LogP contribution in [-0.4, -0.2) is 23.0 Å². The van der Waals surface area contributed by atoms with Crippen LogP contribution in [0.15, 0.2) is 18.2 Å². The molecule has 2 fully saturated rings. The summed E-state index contributed by atoms with van der Waals surface area (Å²) in [6.45, 7) is 0. The van der Waals surface area contributed by atoms with Gasteiger partial charge in [-0.25, -0.2) is 8.78 Å². The second kappa shape index (κ2) is 5.66. The van der Waals surface area contributed by atoms with E-state index in [2.05, 4.69) is 5.32 Å². The van der Waals surface area contributed by atoms with E-state index in [-0.39, 0.29) is 29.3 Å². The number of halogens is 2. The number of rotatable bonds is 4. The van der Waals surface area contributed by atoms with Crippen LogP contribution in [0, 0.1) is 23.5 Å². The Labute approximate surface area is 126 Å². The molecule has 118 valence electrons. The van der Waals surface area contributed by atoms with Gasteiger partial charge in [-0.3, -0.25) is 9.59 Å². The summed E-state index contributed by atoms with van der Waals surface area (Å²) >= 11 is 0. The molecule has 22 heavy (non-hydrogen) atoms. The smallest absolute Gasteiger partial charge is 0.306 e. The molecule has 1 amide bonds. The van der Waals surface area contributed by atoms with Gasteiger partial charge in [-0.2, -0.15) is 0 Å². The molecule has 1 aromatic carbocycles. The normalized spacial score (nSPS) is 30.1. The number of aliphatic carboxylic acids is 1. The maximum Gasteiger partial charge on any atom is 0.306 e. The Morgan fingerprint density at radius 1 is 1.18 bits per heavy atom. The molecule has 4 atom stereocenters. The van der Waals surface area contributed by atoms with Gasteiger partial charge in [0.15, 0.2) is 0 Å². The molecule has 0 spiro atoms. The van der Waals surface area contributed by atoms with Crippen molar-refractivity contribution in [2.24, 2.45) is 11.8 Å². The third-order valence-electron chi connectivity index (χ3n) is 4.61. The van der Waals surface area contributed by atoms with Crippen LogP contribution in [0.2, 0.25) is 0 Å². The second-order valence-corrected chi connectivity index (χ2v) is 6.17. The topological polar surface area (TPSA) is 66.4 Å². The second-order valence-electron chi connectivity index (χ2n) is 6.17. The van der Waals surface area contributed by atoms with E-state index >= 15 is 0 Å². The van der Waals surface area contributed by atoms with Gasteiger partial charge < -0.3 is 10.4 Å². The predicted octanol–water partition coefficient (Wildman–Crippen LogP) is 2.44. The fourth-order valence-electron chi connectivity index (χ4n) is 3.27. The molecule has 2 aliphatic carbocycles. The van der Waals surface area contributed by atoms with Gasteiger partial charge in [-0.15, -0.1) is 0 Å². The van der Waals surface area contributed by atoms with E-state index in [1.54, 1.807) is 0 Å². The van der Waals surface area contributed by atoms with Crippen LogP contribution in [0.5, 0.6) is 0 Å². The number of hydrogen-bond donors (Lipinski definition) is 2. The van der Waals surface area contributed by atoms with Gasteiger partial charge in [0, 0.05) is 12.0 Å². The number of amides is 1. The fraction of sp³-hybridized carbons (Fsp3) is 0.500. The summed E-state index contributed by atoms with van der Waals surface area (Å²) in [5.74, 6) is -3.06. The largest absolute Gasteiger partial charge is 0.481 e. The highest BCUT2D eigenvalue weighted by atomic mass is 19.1. The Morgan fingerprint density at radius 2 is 1.95 bits per heavy atom. The molecule has 0 heterocycles.